The average molecular weight is 380 g/mol. The van der Waals surface area contributed by atoms with Crippen LogP contribution in [-0.4, -0.2) is 29.1 Å². The van der Waals surface area contributed by atoms with E-state index in [4.69, 9.17) is 9.84 Å². The molecule has 1 aromatic heterocycles. The van der Waals surface area contributed by atoms with Gasteiger partial charge in [0.25, 0.3) is 0 Å². The van der Waals surface area contributed by atoms with Gasteiger partial charge in [-0.05, 0) is 41.8 Å². The Balaban J connectivity index is 1.90. The van der Waals surface area contributed by atoms with Crippen molar-refractivity contribution in [2.75, 3.05) is 7.11 Å². The minimum Gasteiger partial charge on any atom is -0.507 e. The predicted octanol–water partition coefficient (Wildman–Crippen LogP) is 4.72. The SMILES string of the molecule is COc1cc(O)c(-c2cccs2)cc1/C=C/C(=O)c1ccc(C(=O)O)cc1. The van der Waals surface area contributed by atoms with Crippen LogP contribution in [0.5, 0.6) is 11.5 Å². The number of phenols is 1. The van der Waals surface area contributed by atoms with Crippen LogP contribution in [0.15, 0.2) is 60.0 Å². The van der Waals surface area contributed by atoms with Gasteiger partial charge >= 0.3 is 5.97 Å². The van der Waals surface area contributed by atoms with Crippen molar-refractivity contribution in [3.05, 3.63) is 76.7 Å². The van der Waals surface area contributed by atoms with Crippen LogP contribution >= 0.6 is 11.3 Å². The summed E-state index contributed by atoms with van der Waals surface area (Å²) >= 11 is 1.50. The van der Waals surface area contributed by atoms with Crippen molar-refractivity contribution in [3.8, 4) is 21.9 Å². The second kappa shape index (κ2) is 7.88. The van der Waals surface area contributed by atoms with Gasteiger partial charge in [0.2, 0.25) is 0 Å². The fourth-order valence-corrected chi connectivity index (χ4v) is 3.31. The van der Waals surface area contributed by atoms with E-state index in [1.165, 1.54) is 54.9 Å². The number of rotatable bonds is 6. The lowest BCUT2D eigenvalue weighted by atomic mass is 10.0. The summed E-state index contributed by atoms with van der Waals surface area (Å²) in [6, 6.07) is 12.8. The van der Waals surface area contributed by atoms with Gasteiger partial charge in [-0.15, -0.1) is 11.3 Å². The number of aromatic hydroxyl groups is 1. The van der Waals surface area contributed by atoms with Crippen molar-refractivity contribution in [2.45, 2.75) is 0 Å². The smallest absolute Gasteiger partial charge is 0.335 e. The lowest BCUT2D eigenvalue weighted by Crippen LogP contribution is -1.99. The number of hydrogen-bond acceptors (Lipinski definition) is 5. The topological polar surface area (TPSA) is 83.8 Å². The van der Waals surface area contributed by atoms with Gasteiger partial charge in [-0.2, -0.15) is 0 Å². The van der Waals surface area contributed by atoms with Crippen LogP contribution in [0.1, 0.15) is 26.3 Å². The van der Waals surface area contributed by atoms with E-state index < -0.39 is 5.97 Å². The quantitative estimate of drug-likeness (QED) is 0.477. The molecule has 0 spiro atoms. The second-order valence-electron chi connectivity index (χ2n) is 5.67. The zero-order valence-corrected chi connectivity index (χ0v) is 15.2. The highest BCUT2D eigenvalue weighted by atomic mass is 32.1. The molecule has 0 amide bonds. The van der Waals surface area contributed by atoms with E-state index in [1.54, 1.807) is 12.1 Å². The van der Waals surface area contributed by atoms with Crippen LogP contribution in [0.25, 0.3) is 16.5 Å². The molecule has 0 radical (unpaired) electrons. The zero-order chi connectivity index (χ0) is 19.4. The largest absolute Gasteiger partial charge is 0.507 e. The van der Waals surface area contributed by atoms with E-state index in [0.717, 1.165) is 4.88 Å². The summed E-state index contributed by atoms with van der Waals surface area (Å²) in [7, 11) is 1.49. The molecule has 1 heterocycles. The van der Waals surface area contributed by atoms with Crippen LogP contribution in [0.4, 0.5) is 0 Å². The molecule has 0 saturated carbocycles. The normalized spacial score (nSPS) is 10.9. The van der Waals surface area contributed by atoms with E-state index >= 15 is 0 Å². The Kier molecular flexibility index (Phi) is 5.38. The van der Waals surface area contributed by atoms with Crippen LogP contribution < -0.4 is 4.74 Å². The van der Waals surface area contributed by atoms with Crippen molar-refractivity contribution in [1.82, 2.24) is 0 Å². The molecule has 0 fully saturated rings. The van der Waals surface area contributed by atoms with Gasteiger partial charge < -0.3 is 14.9 Å². The molecule has 0 aliphatic rings. The number of phenolic OH excluding ortho intramolecular Hbond substituents is 1. The molecule has 0 saturated heterocycles. The van der Waals surface area contributed by atoms with Crippen molar-refractivity contribution >= 4 is 29.2 Å². The van der Waals surface area contributed by atoms with Gasteiger partial charge in [0.1, 0.15) is 11.5 Å². The summed E-state index contributed by atoms with van der Waals surface area (Å²) in [5, 5.41) is 21.1. The minimum absolute atomic E-state index is 0.0991. The molecule has 0 bridgehead atoms. The van der Waals surface area contributed by atoms with Gasteiger partial charge in [-0.25, -0.2) is 4.79 Å². The number of ether oxygens (including phenoxy) is 1. The molecule has 27 heavy (non-hydrogen) atoms. The molecular weight excluding hydrogens is 364 g/mol. The van der Waals surface area contributed by atoms with Crippen LogP contribution in [0.2, 0.25) is 0 Å². The number of ketones is 1. The molecule has 3 rings (SSSR count). The molecule has 2 aromatic carbocycles. The summed E-state index contributed by atoms with van der Waals surface area (Å²) < 4.78 is 5.29. The number of aromatic carboxylic acids is 1. The van der Waals surface area contributed by atoms with Gasteiger partial charge in [0.05, 0.1) is 12.7 Å². The van der Waals surface area contributed by atoms with Crippen LogP contribution in [0, 0.1) is 0 Å². The fourth-order valence-electron chi connectivity index (χ4n) is 2.56. The summed E-state index contributed by atoms with van der Waals surface area (Å²) in [6.07, 6.45) is 3.01. The Morgan fingerprint density at radius 2 is 1.78 bits per heavy atom. The maximum Gasteiger partial charge on any atom is 0.335 e. The second-order valence-corrected chi connectivity index (χ2v) is 6.62. The van der Waals surface area contributed by atoms with Crippen molar-refractivity contribution in [2.24, 2.45) is 0 Å². The molecule has 0 atom stereocenters. The highest BCUT2D eigenvalue weighted by Crippen LogP contribution is 2.38. The third-order valence-electron chi connectivity index (χ3n) is 3.97. The van der Waals surface area contributed by atoms with Gasteiger partial charge in [-0.3, -0.25) is 4.79 Å². The number of carboxylic acids is 1. The highest BCUT2D eigenvalue weighted by Gasteiger charge is 2.12. The molecule has 136 valence electrons. The first kappa shape index (κ1) is 18.4. The Labute approximate surface area is 159 Å². The maximum absolute atomic E-state index is 12.4. The van der Waals surface area contributed by atoms with E-state index in [-0.39, 0.29) is 17.1 Å². The van der Waals surface area contributed by atoms with Crippen molar-refractivity contribution in [3.63, 3.8) is 0 Å². The number of carbonyl (C=O) groups excluding carboxylic acids is 1. The summed E-state index contributed by atoms with van der Waals surface area (Å²) in [6.45, 7) is 0. The Hall–Kier alpha value is -3.38. The molecule has 0 aliphatic heterocycles. The van der Waals surface area contributed by atoms with Crippen molar-refractivity contribution < 1.29 is 24.5 Å². The predicted molar refractivity (Wildman–Crippen MR) is 105 cm³/mol. The van der Waals surface area contributed by atoms with E-state index in [1.807, 2.05) is 17.5 Å². The van der Waals surface area contributed by atoms with Crippen molar-refractivity contribution in [1.29, 1.82) is 0 Å². The van der Waals surface area contributed by atoms with E-state index in [2.05, 4.69) is 0 Å². The third kappa shape index (κ3) is 4.07. The molecule has 6 heteroatoms. The first-order chi connectivity index (χ1) is 13.0. The Bertz CT molecular complexity index is 1000. The Morgan fingerprint density at radius 3 is 2.37 bits per heavy atom. The molecule has 0 aliphatic carbocycles. The maximum atomic E-state index is 12.4. The van der Waals surface area contributed by atoms with Crippen LogP contribution in [0.3, 0.4) is 0 Å². The van der Waals surface area contributed by atoms with Crippen LogP contribution in [-0.2, 0) is 0 Å². The van der Waals surface area contributed by atoms with E-state index in [0.29, 0.717) is 22.4 Å². The first-order valence-electron chi connectivity index (χ1n) is 8.00. The molecule has 3 aromatic rings. The standard InChI is InChI=1S/C21H16O5S/c1-26-19-12-18(23)16(20-3-2-10-27-20)11-15(19)8-9-17(22)13-4-6-14(7-5-13)21(24)25/h2-12,23H,1H3,(H,24,25)/b9-8+. The van der Waals surface area contributed by atoms with Gasteiger partial charge in [0, 0.05) is 27.6 Å². The zero-order valence-electron chi connectivity index (χ0n) is 14.4. The number of benzene rings is 2. The third-order valence-corrected chi connectivity index (χ3v) is 4.87. The lowest BCUT2D eigenvalue weighted by molar-refractivity contribution is 0.0696. The van der Waals surface area contributed by atoms with Gasteiger partial charge in [-0.1, -0.05) is 18.2 Å². The number of methoxy groups -OCH3 is 1. The monoisotopic (exact) mass is 380 g/mol. The fraction of sp³-hybridized carbons (Fsp3) is 0.0476. The average Bonchev–Trinajstić information content (AvgIpc) is 3.21. The number of hydrogen-bond donors (Lipinski definition) is 2. The highest BCUT2D eigenvalue weighted by molar-refractivity contribution is 7.13. The summed E-state index contributed by atoms with van der Waals surface area (Å²) in [5.41, 5.74) is 1.81. The number of carboxylic acid groups (broad SMARTS) is 1. The number of thiophene rings is 1. The van der Waals surface area contributed by atoms with Gasteiger partial charge in [0.15, 0.2) is 5.78 Å². The molecule has 5 nitrogen and oxygen atoms in total. The first-order valence-corrected chi connectivity index (χ1v) is 8.88. The minimum atomic E-state index is -1.04. The van der Waals surface area contributed by atoms with E-state index in [9.17, 15) is 14.7 Å². The number of carbonyl (C=O) groups is 2. The molecular formula is C21H16O5S. The summed E-state index contributed by atoms with van der Waals surface area (Å²) in [5.74, 6) is -0.765. The summed E-state index contributed by atoms with van der Waals surface area (Å²) in [4.78, 5) is 24.1. The number of allylic oxidation sites excluding steroid dienone is 1. The molecule has 0 unspecified atom stereocenters. The molecule has 2 N–H and O–H groups in total. The lowest BCUT2D eigenvalue weighted by Gasteiger charge is -2.09. The Morgan fingerprint density at radius 1 is 1.07 bits per heavy atom.